The molecule has 0 spiro atoms. The second kappa shape index (κ2) is 8.73. The van der Waals surface area contributed by atoms with Crippen LogP contribution < -0.4 is 0 Å². The molecule has 0 aromatic carbocycles. The van der Waals surface area contributed by atoms with Gasteiger partial charge in [-0.25, -0.2) is 4.79 Å². The molecule has 0 aromatic rings. The molecular weight excluding hydrogens is 341 g/mol. The molecule has 0 saturated carbocycles. The van der Waals surface area contributed by atoms with Crippen molar-refractivity contribution in [3.05, 3.63) is 0 Å². The van der Waals surface area contributed by atoms with Crippen LogP contribution in [0, 0.1) is 5.41 Å². The number of rotatable bonds is 9. The van der Waals surface area contributed by atoms with E-state index < -0.39 is 16.8 Å². The molecule has 1 atom stereocenters. The average molecular weight is 382 g/mol. The minimum atomic E-state index is -0.897. The molecule has 1 saturated heterocycles. The van der Waals surface area contributed by atoms with E-state index in [4.69, 9.17) is 9.39 Å². The Morgan fingerprint density at radius 1 is 1.19 bits per heavy atom. The molecule has 6 heteroatoms. The van der Waals surface area contributed by atoms with Gasteiger partial charge in [0.1, 0.15) is 5.60 Å². The molecule has 0 aromatic heterocycles. The maximum Gasteiger partial charge on any atom is 0.410 e. The van der Waals surface area contributed by atoms with Crippen molar-refractivity contribution >= 4 is 13.6 Å². The molecule has 0 aliphatic carbocycles. The molecule has 1 heterocycles. The van der Waals surface area contributed by atoms with Crippen LogP contribution >= 0.6 is 0 Å². The summed E-state index contributed by atoms with van der Waals surface area (Å²) < 4.78 is 11.4. The Morgan fingerprint density at radius 2 is 1.74 bits per heavy atom. The first kappa shape index (κ1) is 24.3. The van der Waals surface area contributed by atoms with Crippen LogP contribution in [0.2, 0.25) is 5.82 Å². The Bertz CT molecular complexity index is 487. The van der Waals surface area contributed by atoms with Gasteiger partial charge in [0.25, 0.3) is 7.48 Å². The van der Waals surface area contributed by atoms with Crippen molar-refractivity contribution in [2.24, 2.45) is 5.41 Å². The zero-order valence-electron chi connectivity index (χ0n) is 19.0. The second-order valence-electron chi connectivity index (χ2n) is 10.5. The number of likely N-dealkylation sites (tertiary alicyclic amines) is 1. The molecular formula is C21H41BNO4. The van der Waals surface area contributed by atoms with Gasteiger partial charge >= 0.3 is 6.09 Å². The van der Waals surface area contributed by atoms with Crippen molar-refractivity contribution < 1.29 is 19.3 Å². The van der Waals surface area contributed by atoms with Crippen molar-refractivity contribution in [3.63, 3.8) is 0 Å². The van der Waals surface area contributed by atoms with Gasteiger partial charge in [0.15, 0.2) is 0 Å². The van der Waals surface area contributed by atoms with Crippen LogP contribution in [0.4, 0.5) is 4.79 Å². The van der Waals surface area contributed by atoms with Crippen LogP contribution in [-0.2, 0) is 9.39 Å². The predicted molar refractivity (Wildman–Crippen MR) is 111 cm³/mol. The third-order valence-electron chi connectivity index (χ3n) is 5.70. The molecule has 1 amide bonds. The maximum atomic E-state index is 12.1. The SMILES string of the molecule is CC[C@@H]([B]OC(C)(C)C(C)(C)O)CCCC1(C)CN(C(=O)OC(C)(C)C)C1. The molecule has 0 unspecified atom stereocenters. The minimum absolute atomic E-state index is 0.183. The highest BCUT2D eigenvalue weighted by molar-refractivity contribution is 6.29. The van der Waals surface area contributed by atoms with Crippen LogP contribution in [0.15, 0.2) is 0 Å². The van der Waals surface area contributed by atoms with Gasteiger partial charge in [0.2, 0.25) is 0 Å². The van der Waals surface area contributed by atoms with E-state index in [2.05, 4.69) is 13.8 Å². The predicted octanol–water partition coefficient (Wildman–Crippen LogP) is 4.80. The quantitative estimate of drug-likeness (QED) is 0.582. The topological polar surface area (TPSA) is 59.0 Å². The Hall–Kier alpha value is -0.745. The van der Waals surface area contributed by atoms with Gasteiger partial charge in [0, 0.05) is 18.5 Å². The van der Waals surface area contributed by atoms with Gasteiger partial charge in [-0.1, -0.05) is 33.1 Å². The summed E-state index contributed by atoms with van der Waals surface area (Å²) in [7, 11) is 1.91. The van der Waals surface area contributed by atoms with Gasteiger partial charge in [0.05, 0.1) is 11.2 Å². The number of aliphatic hydroxyl groups is 1. The van der Waals surface area contributed by atoms with E-state index in [1.165, 1.54) is 0 Å². The van der Waals surface area contributed by atoms with Crippen LogP contribution in [0.3, 0.4) is 0 Å². The van der Waals surface area contributed by atoms with E-state index in [-0.39, 0.29) is 11.5 Å². The highest BCUT2D eigenvalue weighted by Crippen LogP contribution is 2.37. The fraction of sp³-hybridized carbons (Fsp3) is 0.952. The van der Waals surface area contributed by atoms with E-state index in [0.29, 0.717) is 5.82 Å². The lowest BCUT2D eigenvalue weighted by atomic mass is 9.71. The number of hydrogen-bond acceptors (Lipinski definition) is 4. The van der Waals surface area contributed by atoms with Crippen molar-refractivity contribution in [3.8, 4) is 0 Å². The first-order valence-electron chi connectivity index (χ1n) is 10.3. The van der Waals surface area contributed by atoms with Crippen LogP contribution in [-0.4, -0.2) is 53.5 Å². The smallest absolute Gasteiger partial charge is 0.410 e. The number of carbonyl (C=O) groups excluding carboxylic acids is 1. The molecule has 1 N–H and O–H groups in total. The Labute approximate surface area is 167 Å². The fourth-order valence-corrected chi connectivity index (χ4v) is 3.06. The molecule has 1 aliphatic rings. The number of amides is 1. The summed E-state index contributed by atoms with van der Waals surface area (Å²) in [6, 6.07) is 0. The third kappa shape index (κ3) is 7.65. The Kier molecular flexibility index (Phi) is 7.85. The van der Waals surface area contributed by atoms with Gasteiger partial charge in [-0.3, -0.25) is 0 Å². The van der Waals surface area contributed by atoms with Gasteiger partial charge in [-0.05, 0) is 60.7 Å². The molecule has 1 aliphatic heterocycles. The number of carbonyl (C=O) groups is 1. The minimum Gasteiger partial charge on any atom is -0.444 e. The van der Waals surface area contributed by atoms with E-state index in [1.54, 1.807) is 18.7 Å². The molecule has 5 nitrogen and oxygen atoms in total. The summed E-state index contributed by atoms with van der Waals surface area (Å²) in [5.74, 6) is 0.372. The summed E-state index contributed by atoms with van der Waals surface area (Å²) >= 11 is 0. The Balaban J connectivity index is 2.34. The molecule has 27 heavy (non-hydrogen) atoms. The molecule has 1 fully saturated rings. The van der Waals surface area contributed by atoms with E-state index in [9.17, 15) is 9.90 Å². The van der Waals surface area contributed by atoms with E-state index in [1.807, 2.05) is 42.1 Å². The van der Waals surface area contributed by atoms with E-state index in [0.717, 1.165) is 38.8 Å². The number of ether oxygens (including phenoxy) is 1. The van der Waals surface area contributed by atoms with Crippen LogP contribution in [0.5, 0.6) is 0 Å². The van der Waals surface area contributed by atoms with Gasteiger partial charge in [-0.2, -0.15) is 0 Å². The number of nitrogens with zero attached hydrogens (tertiary/aromatic N) is 1. The third-order valence-corrected chi connectivity index (χ3v) is 5.70. The summed E-state index contributed by atoms with van der Waals surface area (Å²) in [6.45, 7) is 19.0. The van der Waals surface area contributed by atoms with Gasteiger partial charge < -0.3 is 19.4 Å². The zero-order chi connectivity index (χ0) is 21.1. The number of hydrogen-bond donors (Lipinski definition) is 1. The summed E-state index contributed by atoms with van der Waals surface area (Å²) in [4.78, 5) is 13.9. The first-order chi connectivity index (χ1) is 12.1. The monoisotopic (exact) mass is 382 g/mol. The normalized spacial score (nSPS) is 18.7. The average Bonchev–Trinajstić information content (AvgIpc) is 2.44. The second-order valence-corrected chi connectivity index (χ2v) is 10.5. The summed E-state index contributed by atoms with van der Waals surface area (Å²) in [6.07, 6.45) is 4.05. The highest BCUT2D eigenvalue weighted by atomic mass is 16.6. The van der Waals surface area contributed by atoms with Crippen LogP contribution in [0.1, 0.15) is 88.0 Å². The molecule has 1 radical (unpaired) electrons. The Morgan fingerprint density at radius 3 is 2.19 bits per heavy atom. The first-order valence-corrected chi connectivity index (χ1v) is 10.3. The lowest BCUT2D eigenvalue weighted by Crippen LogP contribution is -2.57. The summed E-state index contributed by atoms with van der Waals surface area (Å²) in [5, 5.41) is 10.2. The zero-order valence-corrected chi connectivity index (χ0v) is 19.0. The van der Waals surface area contributed by atoms with Crippen molar-refractivity contribution in [1.82, 2.24) is 4.90 Å². The standard InChI is InChI=1S/C21H41BNO4/c1-10-16(22-27-20(7,8)19(5,6)25)12-11-13-21(9)14-23(15-21)17(24)26-18(2,3)4/h16,25H,10-15H2,1-9H3/t16-/m1/s1. The lowest BCUT2D eigenvalue weighted by Gasteiger charge is -2.48. The summed E-state index contributed by atoms with van der Waals surface area (Å²) in [5.41, 5.74) is -1.77. The molecule has 157 valence electrons. The van der Waals surface area contributed by atoms with Crippen LogP contribution in [0.25, 0.3) is 0 Å². The maximum absolute atomic E-state index is 12.1. The molecule has 1 rings (SSSR count). The molecule has 0 bridgehead atoms. The van der Waals surface area contributed by atoms with E-state index >= 15 is 0 Å². The lowest BCUT2D eigenvalue weighted by molar-refractivity contribution is -0.0911. The van der Waals surface area contributed by atoms with Crippen molar-refractivity contribution in [2.75, 3.05) is 13.1 Å². The van der Waals surface area contributed by atoms with Crippen molar-refractivity contribution in [2.45, 2.75) is 111 Å². The van der Waals surface area contributed by atoms with Crippen molar-refractivity contribution in [1.29, 1.82) is 0 Å². The highest BCUT2D eigenvalue weighted by Gasteiger charge is 2.42. The fourth-order valence-electron chi connectivity index (χ4n) is 3.06. The largest absolute Gasteiger partial charge is 0.444 e. The van der Waals surface area contributed by atoms with Gasteiger partial charge in [-0.15, -0.1) is 0 Å².